The Labute approximate surface area is 208 Å². The average molecular weight is 526 g/mol. The Balaban J connectivity index is 0.00000106. The molecule has 36 heavy (non-hydrogen) atoms. The molecule has 192 valence electrons. The number of carboxylic acid groups (broad SMARTS) is 2. The molecule has 2 aromatic carbocycles. The Bertz CT molecular complexity index is 1160. The minimum atomic E-state index is -4.53. The number of nitrogens with zero attached hydrogens (tertiary/aromatic N) is 2. The van der Waals surface area contributed by atoms with Crippen LogP contribution in [-0.4, -0.2) is 55.8 Å². The summed E-state index contributed by atoms with van der Waals surface area (Å²) in [5.74, 6) is -2.82. The van der Waals surface area contributed by atoms with Crippen molar-refractivity contribution in [1.82, 2.24) is 4.90 Å². The number of thioether (sulfide) groups is 1. The first kappa shape index (κ1) is 28.4. The van der Waals surface area contributed by atoms with E-state index in [1.165, 1.54) is 41.3 Å². The fourth-order valence-electron chi connectivity index (χ4n) is 2.93. The molecule has 13 heteroatoms. The first-order chi connectivity index (χ1) is 16.8. The molecule has 1 atom stereocenters. The number of anilines is 1. The topological polar surface area (TPSA) is 136 Å². The first-order valence-electron chi connectivity index (χ1n) is 10.4. The zero-order valence-electron chi connectivity index (χ0n) is 19.1. The van der Waals surface area contributed by atoms with Crippen LogP contribution in [0.25, 0.3) is 0 Å². The molecule has 1 aliphatic rings. The Morgan fingerprint density at radius 2 is 1.75 bits per heavy atom. The molecule has 1 fully saturated rings. The van der Waals surface area contributed by atoms with Crippen LogP contribution in [0.1, 0.15) is 36.2 Å². The van der Waals surface area contributed by atoms with Gasteiger partial charge in [0, 0.05) is 25.6 Å². The maximum absolute atomic E-state index is 13.0. The van der Waals surface area contributed by atoms with Gasteiger partial charge in [-0.05, 0) is 49.4 Å². The van der Waals surface area contributed by atoms with Gasteiger partial charge in [-0.3, -0.25) is 19.3 Å². The predicted octanol–water partition coefficient (Wildman–Crippen LogP) is 4.47. The highest BCUT2D eigenvalue weighted by Gasteiger charge is 2.35. The van der Waals surface area contributed by atoms with Gasteiger partial charge in [-0.1, -0.05) is 17.8 Å². The van der Waals surface area contributed by atoms with Crippen LogP contribution in [-0.2, 0) is 20.6 Å². The van der Waals surface area contributed by atoms with Crippen LogP contribution >= 0.6 is 11.8 Å². The fourth-order valence-corrected chi connectivity index (χ4v) is 4.10. The van der Waals surface area contributed by atoms with Crippen molar-refractivity contribution in [2.24, 2.45) is 4.99 Å². The van der Waals surface area contributed by atoms with Crippen LogP contribution in [0.2, 0.25) is 0 Å². The number of aliphatic carboxylic acids is 1. The average Bonchev–Trinajstić information content (AvgIpc) is 2.78. The van der Waals surface area contributed by atoms with Crippen molar-refractivity contribution in [2.45, 2.75) is 31.7 Å². The van der Waals surface area contributed by atoms with Gasteiger partial charge in [0.05, 0.1) is 16.8 Å². The second-order valence-corrected chi connectivity index (χ2v) is 8.45. The molecule has 0 saturated carbocycles. The van der Waals surface area contributed by atoms with Crippen LogP contribution in [0.3, 0.4) is 0 Å². The number of hydrogen-bond acceptors (Lipinski definition) is 6. The number of alkyl halides is 3. The SMILES string of the molecule is CC(=O)O.CCN1C(=O)CC(C(=O)Nc2ccc(C(=O)O)cc2)SC1=Nc1cccc(C(F)(F)F)c1. The number of hydrogen-bond donors (Lipinski definition) is 3. The van der Waals surface area contributed by atoms with E-state index in [4.69, 9.17) is 15.0 Å². The summed E-state index contributed by atoms with van der Waals surface area (Å²) in [6.07, 6.45) is -4.64. The summed E-state index contributed by atoms with van der Waals surface area (Å²) in [6, 6.07) is 9.91. The Hall–Kier alpha value is -3.87. The second-order valence-electron chi connectivity index (χ2n) is 7.28. The summed E-state index contributed by atoms with van der Waals surface area (Å²) in [6.45, 7) is 3.03. The Kier molecular flexibility index (Phi) is 9.61. The first-order valence-corrected chi connectivity index (χ1v) is 11.3. The summed E-state index contributed by atoms with van der Waals surface area (Å²) < 4.78 is 39.0. The third kappa shape index (κ3) is 8.12. The lowest BCUT2D eigenvalue weighted by Crippen LogP contribution is -2.45. The molecule has 3 rings (SSSR count). The Morgan fingerprint density at radius 1 is 1.14 bits per heavy atom. The van der Waals surface area contributed by atoms with Crippen molar-refractivity contribution in [1.29, 1.82) is 0 Å². The van der Waals surface area contributed by atoms with Gasteiger partial charge in [0.15, 0.2) is 5.17 Å². The number of halogens is 3. The van der Waals surface area contributed by atoms with Gasteiger partial charge in [0.25, 0.3) is 5.97 Å². The summed E-state index contributed by atoms with van der Waals surface area (Å²) >= 11 is 0.979. The number of carbonyl (C=O) groups excluding carboxylic acids is 2. The molecule has 0 spiro atoms. The van der Waals surface area contributed by atoms with Crippen LogP contribution in [0, 0.1) is 0 Å². The summed E-state index contributed by atoms with van der Waals surface area (Å²) in [5.41, 5.74) is -0.450. The van der Waals surface area contributed by atoms with Crippen LogP contribution < -0.4 is 5.32 Å². The quantitative estimate of drug-likeness (QED) is 0.524. The van der Waals surface area contributed by atoms with E-state index in [0.717, 1.165) is 30.8 Å². The number of carboxylic acids is 2. The third-order valence-corrected chi connectivity index (χ3v) is 5.73. The van der Waals surface area contributed by atoms with Gasteiger partial charge in [-0.2, -0.15) is 13.2 Å². The maximum Gasteiger partial charge on any atom is 0.416 e. The number of benzene rings is 2. The molecule has 1 unspecified atom stereocenters. The highest BCUT2D eigenvalue weighted by molar-refractivity contribution is 8.15. The van der Waals surface area contributed by atoms with Gasteiger partial charge in [-0.15, -0.1) is 0 Å². The van der Waals surface area contributed by atoms with E-state index < -0.39 is 34.8 Å². The lowest BCUT2D eigenvalue weighted by atomic mass is 10.2. The van der Waals surface area contributed by atoms with E-state index in [-0.39, 0.29) is 35.3 Å². The zero-order valence-corrected chi connectivity index (χ0v) is 19.9. The number of rotatable bonds is 5. The van der Waals surface area contributed by atoms with Crippen molar-refractivity contribution in [3.05, 3.63) is 59.7 Å². The monoisotopic (exact) mass is 525 g/mol. The van der Waals surface area contributed by atoms with E-state index in [9.17, 15) is 27.6 Å². The zero-order chi connectivity index (χ0) is 27.0. The van der Waals surface area contributed by atoms with Crippen molar-refractivity contribution in [3.8, 4) is 0 Å². The van der Waals surface area contributed by atoms with E-state index >= 15 is 0 Å². The minimum absolute atomic E-state index is 0.0129. The molecule has 1 saturated heterocycles. The van der Waals surface area contributed by atoms with Gasteiger partial charge in [0.1, 0.15) is 5.25 Å². The number of amides is 2. The van der Waals surface area contributed by atoms with Crippen molar-refractivity contribution in [2.75, 3.05) is 11.9 Å². The molecule has 2 amide bonds. The fraction of sp³-hybridized carbons (Fsp3) is 0.261. The molecular weight excluding hydrogens is 503 g/mol. The maximum atomic E-state index is 13.0. The molecule has 2 aromatic rings. The van der Waals surface area contributed by atoms with Gasteiger partial charge < -0.3 is 15.5 Å². The molecule has 0 bridgehead atoms. The van der Waals surface area contributed by atoms with E-state index in [1.54, 1.807) is 6.92 Å². The molecular formula is C23H22F3N3O6S. The van der Waals surface area contributed by atoms with Crippen LogP contribution in [0.15, 0.2) is 53.5 Å². The molecule has 1 heterocycles. The highest BCUT2D eigenvalue weighted by atomic mass is 32.2. The number of carbonyl (C=O) groups is 4. The van der Waals surface area contributed by atoms with Crippen molar-refractivity contribution < 1.29 is 42.6 Å². The van der Waals surface area contributed by atoms with E-state index in [2.05, 4.69) is 10.3 Å². The molecule has 0 aliphatic carbocycles. The number of aromatic carboxylic acids is 1. The Morgan fingerprint density at radius 3 is 2.28 bits per heavy atom. The molecule has 1 aliphatic heterocycles. The largest absolute Gasteiger partial charge is 0.481 e. The second kappa shape index (κ2) is 12.2. The number of amidine groups is 1. The molecule has 0 radical (unpaired) electrons. The predicted molar refractivity (Wildman–Crippen MR) is 127 cm³/mol. The summed E-state index contributed by atoms with van der Waals surface area (Å²) in [4.78, 5) is 50.7. The number of nitrogens with one attached hydrogen (secondary N) is 1. The van der Waals surface area contributed by atoms with E-state index in [0.29, 0.717) is 5.69 Å². The van der Waals surface area contributed by atoms with E-state index in [1.807, 2.05) is 0 Å². The van der Waals surface area contributed by atoms with Gasteiger partial charge >= 0.3 is 12.1 Å². The normalized spacial score (nSPS) is 16.7. The molecule has 9 nitrogen and oxygen atoms in total. The smallest absolute Gasteiger partial charge is 0.416 e. The van der Waals surface area contributed by atoms with Gasteiger partial charge in [-0.25, -0.2) is 9.79 Å². The number of aliphatic imine (C=N–C) groups is 1. The third-order valence-electron chi connectivity index (χ3n) is 4.55. The lowest BCUT2D eigenvalue weighted by Gasteiger charge is -2.31. The highest BCUT2D eigenvalue weighted by Crippen LogP contribution is 2.33. The minimum Gasteiger partial charge on any atom is -0.481 e. The standard InChI is InChI=1S/C21H18F3N3O4S.C2H4O2/c1-2-27-17(28)11-16(18(29)25-14-8-6-12(7-9-14)19(30)31)32-20(27)26-15-5-3-4-13(10-15)21(22,23)24;1-2(3)4/h3-10,16H,2,11H2,1H3,(H,25,29)(H,30,31);1H3,(H,3,4). The van der Waals surface area contributed by atoms with Crippen molar-refractivity contribution >= 4 is 52.1 Å². The lowest BCUT2D eigenvalue weighted by molar-refractivity contribution is -0.137. The van der Waals surface area contributed by atoms with Crippen molar-refractivity contribution in [3.63, 3.8) is 0 Å². The summed E-state index contributed by atoms with van der Waals surface area (Å²) in [7, 11) is 0. The summed E-state index contributed by atoms with van der Waals surface area (Å²) in [5, 5.41) is 18.3. The molecule has 0 aromatic heterocycles. The van der Waals surface area contributed by atoms with Gasteiger partial charge in [0.2, 0.25) is 11.8 Å². The van der Waals surface area contributed by atoms with Crippen LogP contribution in [0.4, 0.5) is 24.5 Å². The van der Waals surface area contributed by atoms with Crippen LogP contribution in [0.5, 0.6) is 0 Å². The molecule has 3 N–H and O–H groups in total.